The lowest BCUT2D eigenvalue weighted by molar-refractivity contribution is 0.184. The molecular formula is C17H25N3O. The predicted octanol–water partition coefficient (Wildman–Crippen LogP) is 3.33. The van der Waals surface area contributed by atoms with Crippen LogP contribution in [-0.4, -0.2) is 24.0 Å². The van der Waals surface area contributed by atoms with Gasteiger partial charge in [-0.1, -0.05) is 31.4 Å². The molecule has 2 amide bonds. The number of hydrogen-bond donors (Lipinski definition) is 2. The summed E-state index contributed by atoms with van der Waals surface area (Å²) in [4.78, 5) is 14.4. The van der Waals surface area contributed by atoms with Gasteiger partial charge in [-0.05, 0) is 42.4 Å². The normalized spacial score (nSPS) is 20.7. The molecule has 3 N–H and O–H groups in total. The molecule has 0 atom stereocenters. The Morgan fingerprint density at radius 3 is 2.52 bits per heavy atom. The van der Waals surface area contributed by atoms with Crippen molar-refractivity contribution in [3.63, 3.8) is 0 Å². The lowest BCUT2D eigenvalue weighted by Crippen LogP contribution is -2.36. The van der Waals surface area contributed by atoms with Crippen LogP contribution < -0.4 is 11.1 Å². The van der Waals surface area contributed by atoms with E-state index >= 15 is 0 Å². The fraction of sp³-hybridized carbons (Fsp3) is 0.588. The van der Waals surface area contributed by atoms with Crippen molar-refractivity contribution < 1.29 is 4.79 Å². The van der Waals surface area contributed by atoms with E-state index in [4.69, 9.17) is 5.73 Å². The lowest BCUT2D eigenvalue weighted by atomic mass is 9.73. The van der Waals surface area contributed by atoms with Gasteiger partial charge in [0.1, 0.15) is 0 Å². The van der Waals surface area contributed by atoms with E-state index < -0.39 is 0 Å². The number of urea groups is 1. The Hall–Kier alpha value is -1.55. The third kappa shape index (κ3) is 3.21. The van der Waals surface area contributed by atoms with Crippen molar-refractivity contribution in [3.05, 3.63) is 29.8 Å². The maximum atomic E-state index is 12.4. The fourth-order valence-corrected chi connectivity index (χ4v) is 3.75. The van der Waals surface area contributed by atoms with Gasteiger partial charge in [0.15, 0.2) is 0 Å². The molecule has 0 aromatic heterocycles. The van der Waals surface area contributed by atoms with E-state index in [1.54, 1.807) is 0 Å². The van der Waals surface area contributed by atoms with Gasteiger partial charge in [-0.2, -0.15) is 0 Å². The topological polar surface area (TPSA) is 58.4 Å². The molecule has 2 aliphatic rings. The fourth-order valence-electron chi connectivity index (χ4n) is 3.75. The van der Waals surface area contributed by atoms with Crippen molar-refractivity contribution in [2.75, 3.05) is 18.4 Å². The Kier molecular flexibility index (Phi) is 4.15. The molecule has 2 fully saturated rings. The van der Waals surface area contributed by atoms with Gasteiger partial charge in [0.05, 0.1) is 0 Å². The number of anilines is 1. The minimum absolute atomic E-state index is 0.0398. The summed E-state index contributed by atoms with van der Waals surface area (Å²) in [7, 11) is 0. The summed E-state index contributed by atoms with van der Waals surface area (Å²) >= 11 is 0. The summed E-state index contributed by atoms with van der Waals surface area (Å²) in [5, 5.41) is 3.00. The van der Waals surface area contributed by atoms with Crippen LogP contribution in [0.15, 0.2) is 24.3 Å². The van der Waals surface area contributed by atoms with E-state index in [1.807, 2.05) is 29.2 Å². The first-order valence-electron chi connectivity index (χ1n) is 8.06. The van der Waals surface area contributed by atoms with Crippen LogP contribution >= 0.6 is 0 Å². The van der Waals surface area contributed by atoms with Crippen molar-refractivity contribution in [2.24, 2.45) is 11.1 Å². The number of nitrogens with zero attached hydrogens (tertiary/aromatic N) is 1. The maximum absolute atomic E-state index is 12.4. The van der Waals surface area contributed by atoms with Gasteiger partial charge in [0, 0.05) is 25.3 Å². The number of nitrogens with two attached hydrogens (primary N) is 1. The first kappa shape index (κ1) is 14.4. The van der Waals surface area contributed by atoms with Crippen LogP contribution in [0.5, 0.6) is 0 Å². The van der Waals surface area contributed by atoms with Gasteiger partial charge in [0.25, 0.3) is 0 Å². The molecular weight excluding hydrogens is 262 g/mol. The van der Waals surface area contributed by atoms with E-state index in [-0.39, 0.29) is 6.03 Å². The molecule has 0 bridgehead atoms. The number of amides is 2. The van der Waals surface area contributed by atoms with E-state index in [0.29, 0.717) is 12.0 Å². The molecule has 4 nitrogen and oxygen atoms in total. The number of nitrogens with one attached hydrogen (secondary N) is 1. The van der Waals surface area contributed by atoms with Crippen LogP contribution in [0.2, 0.25) is 0 Å². The minimum Gasteiger partial charge on any atom is -0.326 e. The molecule has 0 unspecified atom stereocenters. The molecule has 114 valence electrons. The number of rotatable bonds is 2. The highest BCUT2D eigenvalue weighted by atomic mass is 16.2. The lowest BCUT2D eigenvalue weighted by Gasteiger charge is -2.33. The Balaban J connectivity index is 1.58. The Labute approximate surface area is 126 Å². The number of carbonyl (C=O) groups excluding carboxylic acids is 1. The summed E-state index contributed by atoms with van der Waals surface area (Å²) in [5.74, 6) is 0. The summed E-state index contributed by atoms with van der Waals surface area (Å²) in [5.41, 5.74) is 7.93. The first-order chi connectivity index (χ1) is 10.2. The van der Waals surface area contributed by atoms with Crippen molar-refractivity contribution in [1.29, 1.82) is 0 Å². The smallest absolute Gasteiger partial charge is 0.321 e. The highest BCUT2D eigenvalue weighted by molar-refractivity contribution is 5.89. The highest BCUT2D eigenvalue weighted by Crippen LogP contribution is 2.43. The molecule has 1 aliphatic heterocycles. The van der Waals surface area contributed by atoms with Gasteiger partial charge < -0.3 is 16.0 Å². The van der Waals surface area contributed by atoms with Crippen LogP contribution in [0.25, 0.3) is 0 Å². The van der Waals surface area contributed by atoms with Crippen LogP contribution in [0.4, 0.5) is 10.5 Å². The molecule has 0 radical (unpaired) electrons. The highest BCUT2D eigenvalue weighted by Gasteiger charge is 2.40. The zero-order valence-corrected chi connectivity index (χ0v) is 12.6. The summed E-state index contributed by atoms with van der Waals surface area (Å²) in [6.07, 6.45) is 7.78. The van der Waals surface area contributed by atoms with E-state index in [9.17, 15) is 4.79 Å². The van der Waals surface area contributed by atoms with Gasteiger partial charge in [0.2, 0.25) is 0 Å². The number of likely N-dealkylation sites (tertiary alicyclic amines) is 1. The van der Waals surface area contributed by atoms with Crippen molar-refractivity contribution >= 4 is 11.7 Å². The van der Waals surface area contributed by atoms with Gasteiger partial charge in [-0.25, -0.2) is 4.79 Å². The van der Waals surface area contributed by atoms with Crippen LogP contribution in [0, 0.1) is 5.41 Å². The molecule has 1 spiro atoms. The standard InChI is InChI=1S/C17H25N3O/c18-12-14-4-6-15(7-5-14)19-16(21)20-11-10-17(13-20)8-2-1-3-9-17/h4-7H,1-3,8-13,18H2,(H,19,21). The third-order valence-electron chi connectivity index (χ3n) is 5.08. The van der Waals surface area contributed by atoms with Gasteiger partial charge >= 0.3 is 6.03 Å². The molecule has 21 heavy (non-hydrogen) atoms. The zero-order valence-electron chi connectivity index (χ0n) is 12.6. The van der Waals surface area contributed by atoms with E-state index in [2.05, 4.69) is 5.32 Å². The van der Waals surface area contributed by atoms with Crippen LogP contribution in [-0.2, 0) is 6.54 Å². The maximum Gasteiger partial charge on any atom is 0.321 e. The number of carbonyl (C=O) groups is 1. The summed E-state index contributed by atoms with van der Waals surface area (Å²) < 4.78 is 0. The second-order valence-corrected chi connectivity index (χ2v) is 6.56. The monoisotopic (exact) mass is 287 g/mol. The first-order valence-corrected chi connectivity index (χ1v) is 8.06. The minimum atomic E-state index is 0.0398. The van der Waals surface area contributed by atoms with Gasteiger partial charge in [-0.15, -0.1) is 0 Å². The molecule has 1 aromatic rings. The van der Waals surface area contributed by atoms with Crippen LogP contribution in [0.1, 0.15) is 44.1 Å². The van der Waals surface area contributed by atoms with Gasteiger partial charge in [-0.3, -0.25) is 0 Å². The average molecular weight is 287 g/mol. The molecule has 1 saturated carbocycles. The molecule has 3 rings (SSSR count). The number of hydrogen-bond acceptors (Lipinski definition) is 2. The van der Waals surface area contributed by atoms with Crippen LogP contribution in [0.3, 0.4) is 0 Å². The Morgan fingerprint density at radius 1 is 1.14 bits per heavy atom. The SMILES string of the molecule is NCc1ccc(NC(=O)N2CCC3(CCCCC3)C2)cc1. The summed E-state index contributed by atoms with van der Waals surface area (Å²) in [6.45, 7) is 2.36. The molecule has 1 aromatic carbocycles. The van der Waals surface area contributed by atoms with Crippen molar-refractivity contribution in [2.45, 2.75) is 45.1 Å². The Bertz CT molecular complexity index is 491. The second-order valence-electron chi connectivity index (χ2n) is 6.56. The molecule has 4 heteroatoms. The Morgan fingerprint density at radius 2 is 1.86 bits per heavy atom. The molecule has 1 aliphatic carbocycles. The quantitative estimate of drug-likeness (QED) is 0.876. The number of benzene rings is 1. The molecule has 1 heterocycles. The van der Waals surface area contributed by atoms with Crippen molar-refractivity contribution in [1.82, 2.24) is 4.90 Å². The predicted molar refractivity (Wildman–Crippen MR) is 85.1 cm³/mol. The van der Waals surface area contributed by atoms with Crippen molar-refractivity contribution in [3.8, 4) is 0 Å². The largest absolute Gasteiger partial charge is 0.326 e. The van der Waals surface area contributed by atoms with E-state index in [1.165, 1.54) is 38.5 Å². The second kappa shape index (κ2) is 6.06. The third-order valence-corrected chi connectivity index (χ3v) is 5.08. The van der Waals surface area contributed by atoms with E-state index in [0.717, 1.165) is 24.3 Å². The summed E-state index contributed by atoms with van der Waals surface area (Å²) in [6, 6.07) is 7.81. The molecule has 1 saturated heterocycles. The average Bonchev–Trinajstić information content (AvgIpc) is 2.92. The zero-order chi connectivity index (χ0) is 14.7.